The van der Waals surface area contributed by atoms with Crippen LogP contribution in [-0.4, -0.2) is 29.9 Å². The third-order valence-electron chi connectivity index (χ3n) is 9.45. The molecule has 2 amide bonds. The van der Waals surface area contributed by atoms with Crippen LogP contribution in [0.5, 0.6) is 0 Å². The summed E-state index contributed by atoms with van der Waals surface area (Å²) in [7, 11) is 0. The van der Waals surface area contributed by atoms with E-state index in [1.54, 1.807) is 6.07 Å². The van der Waals surface area contributed by atoms with Crippen LogP contribution in [0.3, 0.4) is 0 Å². The molecule has 2 N–H and O–H groups in total. The van der Waals surface area contributed by atoms with Gasteiger partial charge in [-0.05, 0) is 53.5 Å². The van der Waals surface area contributed by atoms with Gasteiger partial charge in [-0.2, -0.15) is 0 Å². The third-order valence-corrected chi connectivity index (χ3v) is 9.45. The van der Waals surface area contributed by atoms with Gasteiger partial charge in [-0.3, -0.25) is 29.0 Å². The number of para-hydroxylation sites is 4. The monoisotopic (exact) mass is 614 g/mol. The average Bonchev–Trinajstić information content (AvgIpc) is 3.25. The molecule has 0 aromatic heterocycles. The Balaban J connectivity index is 1.39. The van der Waals surface area contributed by atoms with Gasteiger partial charge in [0.25, 0.3) is 0 Å². The van der Waals surface area contributed by atoms with Crippen molar-refractivity contribution < 1.29 is 19.2 Å². The van der Waals surface area contributed by atoms with E-state index in [9.17, 15) is 19.2 Å². The van der Waals surface area contributed by atoms with E-state index >= 15 is 0 Å². The second kappa shape index (κ2) is 10.8. The highest BCUT2D eigenvalue weighted by Gasteiger charge is 2.46. The van der Waals surface area contributed by atoms with Crippen molar-refractivity contribution in [2.24, 2.45) is 10.8 Å². The Hall–Kier alpha value is -4.98. The van der Waals surface area contributed by atoms with Gasteiger partial charge in [-0.1, -0.05) is 82.3 Å². The van der Waals surface area contributed by atoms with Crippen molar-refractivity contribution in [1.82, 2.24) is 0 Å². The Bertz CT molecular complexity index is 1870. The fourth-order valence-electron chi connectivity index (χ4n) is 7.44. The van der Waals surface area contributed by atoms with Crippen molar-refractivity contribution in [3.8, 4) is 0 Å². The van der Waals surface area contributed by atoms with Gasteiger partial charge in [0.2, 0.25) is 0 Å². The molecule has 0 fully saturated rings. The summed E-state index contributed by atoms with van der Waals surface area (Å²) in [6.07, 6.45) is 1.94. The van der Waals surface area contributed by atoms with Gasteiger partial charge in [-0.15, -0.1) is 0 Å². The van der Waals surface area contributed by atoms with Crippen molar-refractivity contribution in [1.29, 1.82) is 0 Å². The average molecular weight is 615 g/mol. The lowest BCUT2D eigenvalue weighted by Gasteiger charge is -2.37. The molecule has 7 rings (SSSR count). The second-order valence-electron chi connectivity index (χ2n) is 14.4. The number of nitrogens with one attached hydrogen (secondary N) is 2. The van der Waals surface area contributed by atoms with Crippen LogP contribution in [0.1, 0.15) is 65.0 Å². The normalized spacial score (nSPS) is 21.5. The van der Waals surface area contributed by atoms with Gasteiger partial charge in [0.05, 0.1) is 35.3 Å². The Kier molecular flexibility index (Phi) is 6.99. The van der Waals surface area contributed by atoms with E-state index in [0.717, 1.165) is 17.0 Å². The Labute approximate surface area is 269 Å². The summed E-state index contributed by atoms with van der Waals surface area (Å²) >= 11 is 0. The van der Waals surface area contributed by atoms with E-state index in [2.05, 4.69) is 38.3 Å². The van der Waals surface area contributed by atoms with Gasteiger partial charge in [0, 0.05) is 35.4 Å². The zero-order valence-corrected chi connectivity index (χ0v) is 26.6. The number of ketones is 2. The number of carbonyl (C=O) groups is 4. The molecule has 2 aliphatic carbocycles. The molecule has 0 saturated heterocycles. The molecule has 1 unspecified atom stereocenters. The predicted octanol–water partition coefficient (Wildman–Crippen LogP) is 6.93. The molecule has 0 bridgehead atoms. The summed E-state index contributed by atoms with van der Waals surface area (Å²) in [5.41, 5.74) is 5.12. The first-order valence-corrected chi connectivity index (χ1v) is 15.9. The molecule has 0 spiro atoms. The van der Waals surface area contributed by atoms with Crippen LogP contribution in [0.2, 0.25) is 0 Å². The lowest BCUT2D eigenvalue weighted by Crippen LogP contribution is -2.49. The van der Waals surface area contributed by atoms with Crippen LogP contribution in [0.15, 0.2) is 101 Å². The van der Waals surface area contributed by atoms with Crippen LogP contribution < -0.4 is 20.4 Å². The van der Waals surface area contributed by atoms with Crippen molar-refractivity contribution in [3.63, 3.8) is 0 Å². The number of anilines is 4. The summed E-state index contributed by atoms with van der Waals surface area (Å²) in [6.45, 7) is 8.23. The molecule has 3 aromatic carbocycles. The Morgan fingerprint density at radius 1 is 0.652 bits per heavy atom. The molecule has 8 nitrogen and oxygen atoms in total. The first-order chi connectivity index (χ1) is 21.9. The van der Waals surface area contributed by atoms with Crippen LogP contribution in [-0.2, 0) is 19.2 Å². The minimum atomic E-state index is -0.834. The minimum Gasteiger partial charge on any atom is -0.357 e. The zero-order valence-electron chi connectivity index (χ0n) is 26.6. The second-order valence-corrected chi connectivity index (χ2v) is 14.4. The van der Waals surface area contributed by atoms with Crippen LogP contribution in [0.25, 0.3) is 0 Å². The number of fused-ring (bicyclic) bond motifs is 2. The maximum atomic E-state index is 14.9. The molecule has 46 heavy (non-hydrogen) atoms. The summed E-state index contributed by atoms with van der Waals surface area (Å²) in [5.74, 6) is -1.64. The number of allylic oxidation sites excluding steroid dienone is 2. The highest BCUT2D eigenvalue weighted by Crippen LogP contribution is 2.49. The molecule has 3 aromatic rings. The van der Waals surface area contributed by atoms with E-state index in [4.69, 9.17) is 0 Å². The fourth-order valence-corrected chi connectivity index (χ4v) is 7.44. The Morgan fingerprint density at radius 2 is 1.20 bits per heavy atom. The number of hydrogen-bond donors (Lipinski definition) is 2. The maximum Gasteiger partial charge on any atom is 0.317 e. The third kappa shape index (κ3) is 5.11. The van der Waals surface area contributed by atoms with Crippen LogP contribution in [0, 0.1) is 10.8 Å². The van der Waals surface area contributed by atoms with Gasteiger partial charge >= 0.3 is 11.8 Å². The zero-order chi connectivity index (χ0) is 32.4. The molecule has 2 heterocycles. The quantitative estimate of drug-likeness (QED) is 0.289. The lowest BCUT2D eigenvalue weighted by atomic mass is 9.73. The van der Waals surface area contributed by atoms with Gasteiger partial charge < -0.3 is 10.6 Å². The number of nitrogens with zero attached hydrogens (tertiary/aromatic N) is 2. The van der Waals surface area contributed by atoms with Crippen molar-refractivity contribution in [2.45, 2.75) is 59.4 Å². The number of benzene rings is 3. The summed E-state index contributed by atoms with van der Waals surface area (Å²) in [6, 6.07) is 23.3. The largest absolute Gasteiger partial charge is 0.357 e. The molecule has 0 radical (unpaired) electrons. The van der Waals surface area contributed by atoms with E-state index in [-0.39, 0.29) is 28.9 Å². The maximum absolute atomic E-state index is 14.9. The number of hydrogen-bond acceptors (Lipinski definition) is 6. The van der Waals surface area contributed by atoms with E-state index in [1.165, 1.54) is 9.80 Å². The molecular formula is C38H38N4O4. The van der Waals surface area contributed by atoms with Gasteiger partial charge in [0.15, 0.2) is 11.6 Å². The molecule has 234 valence electrons. The van der Waals surface area contributed by atoms with E-state index in [0.29, 0.717) is 59.6 Å². The first-order valence-electron chi connectivity index (χ1n) is 15.9. The number of rotatable bonds is 1. The SMILES string of the molecule is CC1(C)CC(=O)C2=C(C1)Nc1ccccc1N(C(=O)C(=O)N1c3ccccc3NC3=C(C(=O)CC(C)(C)C3)C1c1ccccc1)C2. The number of carbonyl (C=O) groups excluding carboxylic acids is 4. The lowest BCUT2D eigenvalue weighted by molar-refractivity contribution is -0.136. The summed E-state index contributed by atoms with van der Waals surface area (Å²) < 4.78 is 0. The number of Topliss-reactive ketones (excluding diaryl/α,β-unsaturated/α-hetero) is 2. The van der Waals surface area contributed by atoms with E-state index in [1.807, 2.05) is 72.8 Å². The standard InChI is InChI=1S/C38H38N4O4/c1-37(2)18-27-24(31(43)20-37)22-41(29-16-10-8-14-25(29)39-27)35(45)36(46)42-30-17-11-9-15-26(30)40-28-19-38(3,4)21-32(44)33(28)34(42)23-12-6-5-7-13-23/h5-17,34,39-40H,18-22H2,1-4H3. The molecular weight excluding hydrogens is 576 g/mol. The number of amides is 2. The van der Waals surface area contributed by atoms with E-state index < -0.39 is 17.9 Å². The van der Waals surface area contributed by atoms with Crippen molar-refractivity contribution in [2.75, 3.05) is 27.0 Å². The van der Waals surface area contributed by atoms with Crippen molar-refractivity contribution in [3.05, 3.63) is 107 Å². The van der Waals surface area contributed by atoms with Crippen LogP contribution in [0.4, 0.5) is 22.7 Å². The smallest absolute Gasteiger partial charge is 0.317 e. The summed E-state index contributed by atoms with van der Waals surface area (Å²) in [5, 5.41) is 6.94. The molecule has 0 saturated carbocycles. The molecule has 1 atom stereocenters. The molecule has 2 aliphatic heterocycles. The van der Waals surface area contributed by atoms with Gasteiger partial charge in [0.1, 0.15) is 0 Å². The fraction of sp³-hybridized carbons (Fsp3) is 0.316. The summed E-state index contributed by atoms with van der Waals surface area (Å²) in [4.78, 5) is 60.1. The highest BCUT2D eigenvalue weighted by molar-refractivity contribution is 6.46. The van der Waals surface area contributed by atoms with Crippen molar-refractivity contribution >= 4 is 46.1 Å². The highest BCUT2D eigenvalue weighted by atomic mass is 16.2. The van der Waals surface area contributed by atoms with Gasteiger partial charge in [-0.25, -0.2) is 0 Å². The Morgan fingerprint density at radius 3 is 1.89 bits per heavy atom. The van der Waals surface area contributed by atoms with Crippen LogP contribution >= 0.6 is 0 Å². The molecule has 4 aliphatic rings. The molecule has 8 heteroatoms. The predicted molar refractivity (Wildman–Crippen MR) is 179 cm³/mol. The first kappa shape index (κ1) is 29.7. The topological polar surface area (TPSA) is 98.8 Å². The minimum absolute atomic E-state index is 0.0242.